The van der Waals surface area contributed by atoms with E-state index in [-0.39, 0.29) is 0 Å². The Morgan fingerprint density at radius 3 is 2.35 bits per heavy atom. The summed E-state index contributed by atoms with van der Waals surface area (Å²) in [7, 11) is 1.79. The second-order valence-corrected chi connectivity index (χ2v) is 5.63. The summed E-state index contributed by atoms with van der Waals surface area (Å²) in [6.45, 7) is 12.2. The zero-order valence-electron chi connectivity index (χ0n) is 12.2. The van der Waals surface area contributed by atoms with E-state index in [1.54, 1.807) is 7.11 Å². The first-order valence-corrected chi connectivity index (χ1v) is 7.08. The lowest BCUT2D eigenvalue weighted by Gasteiger charge is -2.38. The van der Waals surface area contributed by atoms with Crippen molar-refractivity contribution < 1.29 is 4.74 Å². The molecule has 0 aliphatic heterocycles. The molecule has 2 atom stereocenters. The van der Waals surface area contributed by atoms with Crippen molar-refractivity contribution in [3.8, 4) is 0 Å². The Labute approximate surface area is 107 Å². The fraction of sp³-hybridized carbons (Fsp3) is 1.00. The van der Waals surface area contributed by atoms with E-state index in [0.717, 1.165) is 25.7 Å². The van der Waals surface area contributed by atoms with Crippen LogP contribution in [0.15, 0.2) is 0 Å². The number of rotatable bonds is 9. The highest BCUT2D eigenvalue weighted by Gasteiger charge is 2.27. The van der Waals surface area contributed by atoms with Crippen LogP contribution in [0.1, 0.15) is 40.5 Å². The third-order valence-electron chi connectivity index (χ3n) is 3.73. The van der Waals surface area contributed by atoms with Gasteiger partial charge in [0.25, 0.3) is 0 Å². The molecule has 0 spiro atoms. The van der Waals surface area contributed by atoms with Crippen molar-refractivity contribution in [2.75, 3.05) is 26.8 Å². The van der Waals surface area contributed by atoms with Crippen molar-refractivity contribution in [1.82, 2.24) is 10.2 Å². The number of hydrogen-bond acceptors (Lipinski definition) is 3. The molecular weight excluding hydrogens is 212 g/mol. The molecule has 1 rings (SSSR count). The average molecular weight is 242 g/mol. The molecule has 0 heterocycles. The summed E-state index contributed by atoms with van der Waals surface area (Å²) < 4.78 is 5.29. The van der Waals surface area contributed by atoms with Crippen LogP contribution >= 0.6 is 0 Å². The quantitative estimate of drug-likeness (QED) is 0.670. The molecule has 102 valence electrons. The number of nitrogens with one attached hydrogen (secondary N) is 1. The van der Waals surface area contributed by atoms with E-state index >= 15 is 0 Å². The highest BCUT2D eigenvalue weighted by atomic mass is 16.5. The van der Waals surface area contributed by atoms with Crippen molar-refractivity contribution in [3.63, 3.8) is 0 Å². The first-order valence-electron chi connectivity index (χ1n) is 7.08. The van der Waals surface area contributed by atoms with Crippen LogP contribution in [0.4, 0.5) is 0 Å². The van der Waals surface area contributed by atoms with Gasteiger partial charge in [-0.15, -0.1) is 0 Å². The minimum absolute atomic E-state index is 0.499. The topological polar surface area (TPSA) is 24.5 Å². The van der Waals surface area contributed by atoms with Crippen molar-refractivity contribution in [2.45, 2.75) is 58.7 Å². The number of nitrogens with zero attached hydrogens (tertiary/aromatic N) is 1. The number of ether oxygens (including phenoxy) is 1. The monoisotopic (exact) mass is 242 g/mol. The zero-order chi connectivity index (χ0) is 12.8. The predicted molar refractivity (Wildman–Crippen MR) is 73.4 cm³/mol. The predicted octanol–water partition coefficient (Wildman–Crippen LogP) is 2.12. The van der Waals surface area contributed by atoms with Crippen molar-refractivity contribution in [1.29, 1.82) is 0 Å². The Morgan fingerprint density at radius 2 is 1.94 bits per heavy atom. The van der Waals surface area contributed by atoms with Gasteiger partial charge >= 0.3 is 0 Å². The third-order valence-corrected chi connectivity index (χ3v) is 3.73. The maximum Gasteiger partial charge on any atom is 0.0615 e. The molecule has 1 aliphatic rings. The molecule has 17 heavy (non-hydrogen) atoms. The van der Waals surface area contributed by atoms with E-state index in [4.69, 9.17) is 4.74 Å². The minimum Gasteiger partial charge on any atom is -0.383 e. The molecule has 3 nitrogen and oxygen atoms in total. The van der Waals surface area contributed by atoms with Gasteiger partial charge in [0, 0.05) is 31.8 Å². The normalized spacial score (nSPS) is 19.9. The summed E-state index contributed by atoms with van der Waals surface area (Å²) in [5.41, 5.74) is 0. The van der Waals surface area contributed by atoms with E-state index in [0.29, 0.717) is 18.0 Å². The summed E-state index contributed by atoms with van der Waals surface area (Å²) in [5, 5.41) is 3.67. The summed E-state index contributed by atoms with van der Waals surface area (Å²) >= 11 is 0. The first-order chi connectivity index (χ1) is 8.10. The van der Waals surface area contributed by atoms with E-state index in [1.807, 2.05) is 0 Å². The van der Waals surface area contributed by atoms with Crippen LogP contribution in [0.25, 0.3) is 0 Å². The number of likely N-dealkylation sites (N-methyl/N-ethyl adjacent to an activating group) is 1. The molecule has 2 unspecified atom stereocenters. The Bertz CT molecular complexity index is 204. The Morgan fingerprint density at radius 1 is 1.29 bits per heavy atom. The molecular formula is C14H30N2O. The highest BCUT2D eigenvalue weighted by Crippen LogP contribution is 2.20. The minimum atomic E-state index is 0.499. The lowest BCUT2D eigenvalue weighted by Crippen LogP contribution is -2.51. The van der Waals surface area contributed by atoms with Crippen LogP contribution in [-0.4, -0.2) is 49.8 Å². The molecule has 1 N–H and O–H groups in total. The smallest absolute Gasteiger partial charge is 0.0615 e. The highest BCUT2D eigenvalue weighted by molar-refractivity contribution is 4.86. The van der Waals surface area contributed by atoms with Gasteiger partial charge in [-0.1, -0.05) is 20.8 Å². The number of hydrogen-bond donors (Lipinski definition) is 1. The Kier molecular flexibility index (Phi) is 6.45. The van der Waals surface area contributed by atoms with Crippen LogP contribution in [-0.2, 0) is 4.74 Å². The van der Waals surface area contributed by atoms with E-state index in [1.165, 1.54) is 12.8 Å². The molecule has 0 aromatic heterocycles. The van der Waals surface area contributed by atoms with E-state index < -0.39 is 0 Å². The molecule has 1 aliphatic carbocycles. The standard InChI is InChI=1S/C14H30N2O/c1-6-16(12(4)10-17-5)14(11(2)3)9-15-13-7-8-13/h11-15H,6-10H2,1-5H3. The fourth-order valence-corrected chi connectivity index (χ4v) is 2.52. The van der Waals surface area contributed by atoms with Gasteiger partial charge in [-0.05, 0) is 32.2 Å². The van der Waals surface area contributed by atoms with Crippen molar-refractivity contribution in [2.24, 2.45) is 5.92 Å². The molecule has 0 bridgehead atoms. The molecule has 0 saturated heterocycles. The SMILES string of the molecule is CCN(C(C)COC)C(CNC1CC1)C(C)C. The second kappa shape index (κ2) is 7.34. The average Bonchev–Trinajstić information content (AvgIpc) is 3.07. The van der Waals surface area contributed by atoms with E-state index in [9.17, 15) is 0 Å². The summed E-state index contributed by atoms with van der Waals surface area (Å²) in [6, 6.07) is 1.91. The third kappa shape index (κ3) is 4.94. The molecule has 3 heteroatoms. The van der Waals surface area contributed by atoms with Gasteiger partial charge in [-0.25, -0.2) is 0 Å². The fourth-order valence-electron chi connectivity index (χ4n) is 2.52. The molecule has 0 aromatic carbocycles. The van der Waals surface area contributed by atoms with Crippen molar-refractivity contribution >= 4 is 0 Å². The van der Waals surface area contributed by atoms with Gasteiger partial charge in [0.15, 0.2) is 0 Å². The molecule has 0 radical (unpaired) electrons. The summed E-state index contributed by atoms with van der Waals surface area (Å²) in [5.74, 6) is 0.681. The summed E-state index contributed by atoms with van der Waals surface area (Å²) in [6.07, 6.45) is 2.73. The maximum absolute atomic E-state index is 5.29. The van der Waals surface area contributed by atoms with Crippen LogP contribution in [0, 0.1) is 5.92 Å². The largest absolute Gasteiger partial charge is 0.383 e. The lowest BCUT2D eigenvalue weighted by atomic mass is 10.0. The van der Waals surface area contributed by atoms with Crippen LogP contribution in [0.5, 0.6) is 0 Å². The maximum atomic E-state index is 5.29. The van der Waals surface area contributed by atoms with Crippen LogP contribution in [0.2, 0.25) is 0 Å². The van der Waals surface area contributed by atoms with Gasteiger partial charge in [0.05, 0.1) is 6.61 Å². The van der Waals surface area contributed by atoms with Crippen molar-refractivity contribution in [3.05, 3.63) is 0 Å². The van der Waals surface area contributed by atoms with Gasteiger partial charge < -0.3 is 10.1 Å². The summed E-state index contributed by atoms with van der Waals surface area (Å²) in [4.78, 5) is 2.57. The lowest BCUT2D eigenvalue weighted by molar-refractivity contribution is 0.0564. The molecule has 1 saturated carbocycles. The Hall–Kier alpha value is -0.120. The number of methoxy groups -OCH3 is 1. The molecule has 1 fully saturated rings. The van der Waals surface area contributed by atoms with Gasteiger partial charge in [0.2, 0.25) is 0 Å². The van der Waals surface area contributed by atoms with Gasteiger partial charge in [-0.2, -0.15) is 0 Å². The van der Waals surface area contributed by atoms with Crippen LogP contribution < -0.4 is 5.32 Å². The first kappa shape index (κ1) is 14.9. The molecule has 0 amide bonds. The van der Waals surface area contributed by atoms with E-state index in [2.05, 4.69) is 37.9 Å². The van der Waals surface area contributed by atoms with Gasteiger partial charge in [0.1, 0.15) is 0 Å². The van der Waals surface area contributed by atoms with Crippen LogP contribution in [0.3, 0.4) is 0 Å². The molecule has 0 aromatic rings. The van der Waals surface area contributed by atoms with Gasteiger partial charge in [-0.3, -0.25) is 4.90 Å². The Balaban J connectivity index is 2.50. The zero-order valence-corrected chi connectivity index (χ0v) is 12.2. The second-order valence-electron chi connectivity index (χ2n) is 5.63.